The summed E-state index contributed by atoms with van der Waals surface area (Å²) in [6, 6.07) is 0. The Morgan fingerprint density at radius 3 is 1.90 bits per heavy atom. The molecule has 2 atom stereocenters. The fourth-order valence-electron chi connectivity index (χ4n) is 2.93. The lowest BCUT2D eigenvalue weighted by atomic mass is 10.0. The lowest BCUT2D eigenvalue weighted by molar-refractivity contribution is -0.112. The van der Waals surface area contributed by atoms with Gasteiger partial charge in [0, 0.05) is 5.57 Å². The van der Waals surface area contributed by atoms with Crippen LogP contribution in [0.4, 0.5) is 0 Å². The Labute approximate surface area is 187 Å². The second kappa shape index (κ2) is 12.7. The quantitative estimate of drug-likeness (QED) is 0.211. The summed E-state index contributed by atoms with van der Waals surface area (Å²) in [6.07, 6.45) is 4.25. The van der Waals surface area contributed by atoms with Crippen molar-refractivity contribution in [2.45, 2.75) is 67.9 Å². The van der Waals surface area contributed by atoms with E-state index in [2.05, 4.69) is 13.2 Å². The standard InChI is InChI=1S/C25H37O5P/c1-16(2)11-19(7)13-20(8)14-23(27)31(29,30-15-22(10)26)25(28)24(18(5)6)21(9)12-17(3)4/h11-12,14,22,26H,1,9,13,15H2,2-8,10H3/b19-11-,20-14+. The lowest BCUT2D eigenvalue weighted by Crippen LogP contribution is -2.19. The van der Waals surface area contributed by atoms with E-state index < -0.39 is 31.1 Å². The summed E-state index contributed by atoms with van der Waals surface area (Å²) in [5.41, 5.74) is 2.62. The zero-order valence-corrected chi connectivity index (χ0v) is 21.1. The van der Waals surface area contributed by atoms with Gasteiger partial charge in [0.05, 0.1) is 12.7 Å². The zero-order valence-electron chi connectivity index (χ0n) is 20.2. The van der Waals surface area contributed by atoms with Crippen molar-refractivity contribution < 1.29 is 23.8 Å². The minimum absolute atomic E-state index is 0.105. The predicted molar refractivity (Wildman–Crippen MR) is 129 cm³/mol. The molecule has 0 aliphatic heterocycles. The third-order valence-electron chi connectivity index (χ3n) is 3.97. The highest BCUT2D eigenvalue weighted by Gasteiger charge is 2.42. The van der Waals surface area contributed by atoms with Gasteiger partial charge in [-0.15, -0.1) is 0 Å². The molecule has 0 amide bonds. The Hall–Kier alpha value is -2.07. The number of hydrogen-bond acceptors (Lipinski definition) is 5. The van der Waals surface area contributed by atoms with Gasteiger partial charge in [-0.3, -0.25) is 14.2 Å². The molecule has 1 N–H and O–H groups in total. The summed E-state index contributed by atoms with van der Waals surface area (Å²) in [5, 5.41) is 9.60. The van der Waals surface area contributed by atoms with Crippen LogP contribution in [0.2, 0.25) is 0 Å². The number of carbonyl (C=O) groups excluding carboxylic acids is 2. The first-order valence-corrected chi connectivity index (χ1v) is 11.8. The molecule has 0 rings (SSSR count). The van der Waals surface area contributed by atoms with Crippen molar-refractivity contribution in [2.75, 3.05) is 6.61 Å². The van der Waals surface area contributed by atoms with Gasteiger partial charge in [-0.1, -0.05) is 53.2 Å². The Kier molecular flexibility index (Phi) is 11.9. The molecule has 6 heteroatoms. The first-order chi connectivity index (χ1) is 14.1. The summed E-state index contributed by atoms with van der Waals surface area (Å²) in [5.74, 6) is 0. The van der Waals surface area contributed by atoms with E-state index in [-0.39, 0.29) is 5.57 Å². The van der Waals surface area contributed by atoms with Crippen molar-refractivity contribution >= 4 is 18.4 Å². The minimum atomic E-state index is -4.49. The van der Waals surface area contributed by atoms with E-state index in [9.17, 15) is 19.3 Å². The molecule has 0 aliphatic rings. The number of aliphatic hydroxyl groups excluding tert-OH is 1. The predicted octanol–water partition coefficient (Wildman–Crippen LogP) is 6.43. The van der Waals surface area contributed by atoms with Gasteiger partial charge in [-0.2, -0.15) is 0 Å². The number of hydrogen-bond donors (Lipinski definition) is 1. The maximum atomic E-state index is 13.7. The summed E-state index contributed by atoms with van der Waals surface area (Å²) >= 11 is 0. The Balaban J connectivity index is 6.30. The van der Waals surface area contributed by atoms with E-state index >= 15 is 0 Å². The Morgan fingerprint density at radius 1 is 0.968 bits per heavy atom. The average Bonchev–Trinajstić information content (AvgIpc) is 2.57. The van der Waals surface area contributed by atoms with Crippen LogP contribution in [0.15, 0.2) is 70.4 Å². The Bertz CT molecular complexity index is 902. The molecule has 0 aromatic rings. The Morgan fingerprint density at radius 2 is 1.48 bits per heavy atom. The van der Waals surface area contributed by atoms with Gasteiger partial charge in [-0.25, -0.2) is 0 Å². The number of aliphatic hydroxyl groups is 1. The van der Waals surface area contributed by atoms with E-state index in [0.717, 1.165) is 16.7 Å². The molecular weight excluding hydrogens is 411 g/mol. The van der Waals surface area contributed by atoms with Crippen LogP contribution in [-0.2, 0) is 18.7 Å². The third-order valence-corrected chi connectivity index (χ3v) is 5.95. The largest absolute Gasteiger partial charge is 0.391 e. The van der Waals surface area contributed by atoms with Crippen molar-refractivity contribution in [2.24, 2.45) is 0 Å². The second-order valence-corrected chi connectivity index (χ2v) is 10.7. The summed E-state index contributed by atoms with van der Waals surface area (Å²) < 4.78 is 19.0. The highest BCUT2D eigenvalue weighted by molar-refractivity contribution is 7.91. The average molecular weight is 449 g/mol. The van der Waals surface area contributed by atoms with E-state index in [1.165, 1.54) is 13.0 Å². The molecule has 2 unspecified atom stereocenters. The van der Waals surface area contributed by atoms with Gasteiger partial charge in [-0.05, 0) is 73.5 Å². The molecule has 0 fully saturated rings. The molecule has 0 radical (unpaired) electrons. The third kappa shape index (κ3) is 9.73. The molecule has 0 saturated carbocycles. The first kappa shape index (κ1) is 28.9. The SMILES string of the molecule is C=C(C)/C=C(/C)C/C(C)=C/C(=O)P(=O)(OCC(C)O)C(=O)C(C(=C)C=C(C)C)=C(C)C. The molecule has 31 heavy (non-hydrogen) atoms. The normalized spacial score (nSPS) is 14.9. The monoisotopic (exact) mass is 448 g/mol. The highest BCUT2D eigenvalue weighted by atomic mass is 31.2. The number of rotatable bonds is 12. The van der Waals surface area contributed by atoms with Crippen LogP contribution in [0.5, 0.6) is 0 Å². The lowest BCUT2D eigenvalue weighted by Gasteiger charge is -2.19. The van der Waals surface area contributed by atoms with Crippen molar-refractivity contribution in [3.05, 3.63) is 70.4 Å². The fraction of sp³-hybridized carbons (Fsp3) is 0.440. The van der Waals surface area contributed by atoms with Crippen molar-refractivity contribution in [1.29, 1.82) is 0 Å². The smallest absolute Gasteiger partial charge is 0.339 e. The van der Waals surface area contributed by atoms with Crippen LogP contribution in [0, 0.1) is 0 Å². The van der Waals surface area contributed by atoms with Crippen molar-refractivity contribution in [1.82, 2.24) is 0 Å². The van der Waals surface area contributed by atoms with Gasteiger partial charge in [0.25, 0.3) is 5.52 Å². The maximum absolute atomic E-state index is 13.7. The molecule has 0 aromatic carbocycles. The van der Waals surface area contributed by atoms with Gasteiger partial charge in [0.2, 0.25) is 5.52 Å². The summed E-state index contributed by atoms with van der Waals surface area (Å²) in [7, 11) is -4.49. The van der Waals surface area contributed by atoms with Crippen LogP contribution in [-0.4, -0.2) is 28.9 Å². The highest BCUT2D eigenvalue weighted by Crippen LogP contribution is 2.53. The van der Waals surface area contributed by atoms with Crippen LogP contribution in [0.3, 0.4) is 0 Å². The van der Waals surface area contributed by atoms with E-state index in [0.29, 0.717) is 23.1 Å². The van der Waals surface area contributed by atoms with Crippen molar-refractivity contribution in [3.63, 3.8) is 0 Å². The maximum Gasteiger partial charge on any atom is 0.339 e. The van der Waals surface area contributed by atoms with Gasteiger partial charge >= 0.3 is 7.37 Å². The molecular formula is C25H37O5P. The molecule has 0 aromatic heterocycles. The summed E-state index contributed by atoms with van der Waals surface area (Å²) in [6.45, 7) is 21.3. The van der Waals surface area contributed by atoms with Crippen LogP contribution < -0.4 is 0 Å². The molecule has 0 saturated heterocycles. The van der Waals surface area contributed by atoms with E-state index in [4.69, 9.17) is 4.52 Å². The second-order valence-electron chi connectivity index (χ2n) is 8.47. The van der Waals surface area contributed by atoms with Gasteiger partial charge in [0.15, 0.2) is 0 Å². The summed E-state index contributed by atoms with van der Waals surface area (Å²) in [4.78, 5) is 26.4. The van der Waals surface area contributed by atoms with Gasteiger partial charge < -0.3 is 9.63 Å². The number of allylic oxidation sites excluding steroid dienone is 10. The van der Waals surface area contributed by atoms with Crippen LogP contribution >= 0.6 is 7.37 Å². The molecule has 172 valence electrons. The molecule has 0 bridgehead atoms. The molecule has 0 heterocycles. The zero-order chi connectivity index (χ0) is 24.5. The molecule has 5 nitrogen and oxygen atoms in total. The van der Waals surface area contributed by atoms with Crippen LogP contribution in [0.1, 0.15) is 61.8 Å². The topological polar surface area (TPSA) is 80.7 Å². The first-order valence-electron chi connectivity index (χ1n) is 10.1. The van der Waals surface area contributed by atoms with E-state index in [1.54, 1.807) is 26.8 Å². The molecule has 0 aliphatic carbocycles. The van der Waals surface area contributed by atoms with Crippen molar-refractivity contribution in [3.8, 4) is 0 Å². The van der Waals surface area contributed by atoms with Crippen LogP contribution in [0.25, 0.3) is 0 Å². The van der Waals surface area contributed by atoms with Gasteiger partial charge in [0.1, 0.15) is 0 Å². The minimum Gasteiger partial charge on any atom is -0.391 e. The van der Waals surface area contributed by atoms with E-state index in [1.807, 2.05) is 33.8 Å². The molecule has 0 spiro atoms. The fourth-order valence-corrected chi connectivity index (χ4v) is 4.86. The number of carbonyl (C=O) groups is 2.